The summed E-state index contributed by atoms with van der Waals surface area (Å²) in [5.41, 5.74) is 1.92. The SMILES string of the molecule is Cl.Fc1cc(Br)cc(CNCc2ccn[nH]2)c1. The van der Waals surface area contributed by atoms with Crippen molar-refractivity contribution in [3.05, 3.63) is 52.0 Å². The summed E-state index contributed by atoms with van der Waals surface area (Å²) in [6.07, 6.45) is 1.70. The molecule has 2 rings (SSSR count). The molecule has 0 aliphatic heterocycles. The minimum absolute atomic E-state index is 0. The van der Waals surface area contributed by atoms with Gasteiger partial charge < -0.3 is 5.32 Å². The molecule has 0 saturated carbocycles. The third-order valence-corrected chi connectivity index (χ3v) is 2.58. The minimum atomic E-state index is -0.229. The number of benzene rings is 1. The molecule has 6 heteroatoms. The summed E-state index contributed by atoms with van der Waals surface area (Å²) in [5, 5.41) is 9.89. The highest BCUT2D eigenvalue weighted by molar-refractivity contribution is 9.10. The fourth-order valence-corrected chi connectivity index (χ4v) is 1.95. The highest BCUT2D eigenvalue weighted by atomic mass is 79.9. The van der Waals surface area contributed by atoms with E-state index >= 15 is 0 Å². The zero-order valence-corrected chi connectivity index (χ0v) is 11.3. The van der Waals surface area contributed by atoms with Crippen LogP contribution in [0.1, 0.15) is 11.3 Å². The number of nitrogens with one attached hydrogen (secondary N) is 2. The van der Waals surface area contributed by atoms with Crippen molar-refractivity contribution in [2.45, 2.75) is 13.1 Å². The molecule has 0 aliphatic carbocycles. The number of hydrogen-bond donors (Lipinski definition) is 2. The van der Waals surface area contributed by atoms with E-state index in [9.17, 15) is 4.39 Å². The molecule has 0 bridgehead atoms. The molecule has 92 valence electrons. The summed E-state index contributed by atoms with van der Waals surface area (Å²) in [5.74, 6) is -0.229. The molecule has 0 radical (unpaired) electrons. The third kappa shape index (κ3) is 4.46. The standard InChI is InChI=1S/C11H11BrFN3.ClH/c12-9-3-8(4-10(13)5-9)6-14-7-11-1-2-15-16-11;/h1-5,14H,6-7H2,(H,15,16);1H. The highest BCUT2D eigenvalue weighted by Gasteiger charge is 1.99. The number of nitrogens with zero attached hydrogens (tertiary/aromatic N) is 1. The number of aromatic nitrogens is 2. The molecule has 0 saturated heterocycles. The van der Waals surface area contributed by atoms with E-state index < -0.39 is 0 Å². The van der Waals surface area contributed by atoms with Crippen LogP contribution in [-0.4, -0.2) is 10.2 Å². The lowest BCUT2D eigenvalue weighted by molar-refractivity contribution is 0.618. The fourth-order valence-electron chi connectivity index (χ4n) is 1.44. The molecule has 0 amide bonds. The van der Waals surface area contributed by atoms with Crippen LogP contribution in [0.15, 0.2) is 34.9 Å². The van der Waals surface area contributed by atoms with Gasteiger partial charge in [0.25, 0.3) is 0 Å². The van der Waals surface area contributed by atoms with Gasteiger partial charge in [0.2, 0.25) is 0 Å². The van der Waals surface area contributed by atoms with Gasteiger partial charge in [0.05, 0.1) is 0 Å². The zero-order valence-electron chi connectivity index (χ0n) is 8.91. The Bertz CT molecular complexity index is 441. The molecule has 0 atom stereocenters. The van der Waals surface area contributed by atoms with E-state index in [1.165, 1.54) is 12.1 Å². The Morgan fingerprint density at radius 3 is 2.76 bits per heavy atom. The second-order valence-electron chi connectivity index (χ2n) is 3.46. The maximum atomic E-state index is 13.1. The van der Waals surface area contributed by atoms with Gasteiger partial charge in [0.1, 0.15) is 5.82 Å². The van der Waals surface area contributed by atoms with Crippen LogP contribution < -0.4 is 5.32 Å². The summed E-state index contributed by atoms with van der Waals surface area (Å²) < 4.78 is 13.8. The first kappa shape index (κ1) is 14.2. The lowest BCUT2D eigenvalue weighted by Crippen LogP contribution is -2.13. The maximum absolute atomic E-state index is 13.1. The number of H-pyrrole nitrogens is 1. The van der Waals surface area contributed by atoms with Crippen LogP contribution in [0.5, 0.6) is 0 Å². The van der Waals surface area contributed by atoms with Crippen LogP contribution in [-0.2, 0) is 13.1 Å². The minimum Gasteiger partial charge on any atom is -0.307 e. The Morgan fingerprint density at radius 1 is 1.29 bits per heavy atom. The Labute approximate surface area is 113 Å². The summed E-state index contributed by atoms with van der Waals surface area (Å²) in [6.45, 7) is 1.31. The second kappa shape index (κ2) is 6.74. The van der Waals surface area contributed by atoms with Crippen LogP contribution in [0.25, 0.3) is 0 Å². The highest BCUT2D eigenvalue weighted by Crippen LogP contribution is 2.14. The average Bonchev–Trinajstić information content (AvgIpc) is 2.69. The van der Waals surface area contributed by atoms with Gasteiger partial charge in [-0.2, -0.15) is 5.10 Å². The van der Waals surface area contributed by atoms with E-state index in [1.807, 2.05) is 12.1 Å². The molecule has 3 nitrogen and oxygen atoms in total. The normalized spacial score (nSPS) is 10.0. The molecule has 0 unspecified atom stereocenters. The lowest BCUT2D eigenvalue weighted by atomic mass is 10.2. The molecule has 0 spiro atoms. The first-order valence-electron chi connectivity index (χ1n) is 4.88. The van der Waals surface area contributed by atoms with Gasteiger partial charge in [-0.3, -0.25) is 5.10 Å². The van der Waals surface area contributed by atoms with Crippen molar-refractivity contribution >= 4 is 28.3 Å². The van der Waals surface area contributed by atoms with Crippen LogP contribution in [0, 0.1) is 5.82 Å². The van der Waals surface area contributed by atoms with Gasteiger partial charge in [0, 0.05) is 29.5 Å². The topological polar surface area (TPSA) is 40.7 Å². The Hall–Kier alpha value is -0.910. The Morgan fingerprint density at radius 2 is 2.12 bits per heavy atom. The van der Waals surface area contributed by atoms with Crippen molar-refractivity contribution in [2.24, 2.45) is 0 Å². The zero-order chi connectivity index (χ0) is 11.4. The monoisotopic (exact) mass is 319 g/mol. The van der Waals surface area contributed by atoms with Gasteiger partial charge >= 0.3 is 0 Å². The second-order valence-corrected chi connectivity index (χ2v) is 4.38. The largest absolute Gasteiger partial charge is 0.307 e. The van der Waals surface area contributed by atoms with Crippen molar-refractivity contribution in [2.75, 3.05) is 0 Å². The number of aromatic amines is 1. The van der Waals surface area contributed by atoms with Crippen molar-refractivity contribution in [3.8, 4) is 0 Å². The van der Waals surface area contributed by atoms with Crippen LogP contribution >= 0.6 is 28.3 Å². The van der Waals surface area contributed by atoms with E-state index in [2.05, 4.69) is 31.4 Å². The number of halogens is 3. The van der Waals surface area contributed by atoms with Crippen molar-refractivity contribution in [1.29, 1.82) is 0 Å². The molecule has 2 aromatic rings. The predicted molar refractivity (Wildman–Crippen MR) is 70.5 cm³/mol. The van der Waals surface area contributed by atoms with Gasteiger partial charge in [0.15, 0.2) is 0 Å². The lowest BCUT2D eigenvalue weighted by Gasteiger charge is -2.04. The van der Waals surface area contributed by atoms with Crippen LogP contribution in [0.4, 0.5) is 4.39 Å². The summed E-state index contributed by atoms with van der Waals surface area (Å²) in [6, 6.07) is 6.75. The molecular weight excluding hydrogens is 308 g/mol. The first-order valence-corrected chi connectivity index (χ1v) is 5.67. The molecule has 0 aliphatic rings. The van der Waals surface area contributed by atoms with E-state index in [-0.39, 0.29) is 18.2 Å². The molecular formula is C11H12BrClFN3. The maximum Gasteiger partial charge on any atom is 0.124 e. The number of hydrogen-bond acceptors (Lipinski definition) is 2. The van der Waals surface area contributed by atoms with Gasteiger partial charge in [-0.15, -0.1) is 12.4 Å². The van der Waals surface area contributed by atoms with Crippen molar-refractivity contribution in [3.63, 3.8) is 0 Å². The molecule has 1 heterocycles. The van der Waals surface area contributed by atoms with Crippen LogP contribution in [0.3, 0.4) is 0 Å². The molecule has 1 aromatic carbocycles. The van der Waals surface area contributed by atoms with E-state index in [1.54, 1.807) is 6.20 Å². The third-order valence-electron chi connectivity index (χ3n) is 2.13. The molecule has 17 heavy (non-hydrogen) atoms. The predicted octanol–water partition coefficient (Wildman–Crippen LogP) is 3.02. The fraction of sp³-hybridized carbons (Fsp3) is 0.182. The first-order chi connectivity index (χ1) is 7.74. The molecule has 1 aromatic heterocycles. The Balaban J connectivity index is 0.00000144. The quantitative estimate of drug-likeness (QED) is 0.909. The van der Waals surface area contributed by atoms with Crippen molar-refractivity contribution in [1.82, 2.24) is 15.5 Å². The Kier molecular flexibility index (Phi) is 5.61. The molecule has 0 fully saturated rings. The average molecular weight is 321 g/mol. The van der Waals surface area contributed by atoms with Crippen molar-refractivity contribution < 1.29 is 4.39 Å². The van der Waals surface area contributed by atoms with E-state index in [0.29, 0.717) is 13.1 Å². The molecule has 2 N–H and O–H groups in total. The van der Waals surface area contributed by atoms with Gasteiger partial charge in [-0.05, 0) is 29.8 Å². The smallest absolute Gasteiger partial charge is 0.124 e. The van der Waals surface area contributed by atoms with Gasteiger partial charge in [-0.25, -0.2) is 4.39 Å². The summed E-state index contributed by atoms with van der Waals surface area (Å²) >= 11 is 3.26. The summed E-state index contributed by atoms with van der Waals surface area (Å²) in [4.78, 5) is 0. The summed E-state index contributed by atoms with van der Waals surface area (Å²) in [7, 11) is 0. The van der Waals surface area contributed by atoms with E-state index in [0.717, 1.165) is 15.7 Å². The number of rotatable bonds is 4. The van der Waals surface area contributed by atoms with Gasteiger partial charge in [-0.1, -0.05) is 15.9 Å². The van der Waals surface area contributed by atoms with Crippen LogP contribution in [0.2, 0.25) is 0 Å². The van der Waals surface area contributed by atoms with E-state index in [4.69, 9.17) is 0 Å².